The third-order valence-electron chi connectivity index (χ3n) is 7.97. The molecule has 0 spiro atoms. The number of anilines is 1. The molecule has 2 aliphatic heterocycles. The SMILES string of the molecule is Cc1cn2nc(C3CCCCN3C(=O)c3ccccc3OC3CCCC3)cc2nc1N1CCC(N)C1. The molecule has 190 valence electrons. The summed E-state index contributed by atoms with van der Waals surface area (Å²) in [7, 11) is 0. The number of piperidine rings is 1. The van der Waals surface area contributed by atoms with Gasteiger partial charge in [0.15, 0.2) is 5.65 Å². The Labute approximate surface area is 212 Å². The summed E-state index contributed by atoms with van der Waals surface area (Å²) in [6.07, 6.45) is 10.7. The van der Waals surface area contributed by atoms with E-state index in [4.69, 9.17) is 20.6 Å². The van der Waals surface area contributed by atoms with Crippen molar-refractivity contribution in [3.63, 3.8) is 0 Å². The molecule has 1 aromatic carbocycles. The van der Waals surface area contributed by atoms with E-state index >= 15 is 0 Å². The highest BCUT2D eigenvalue weighted by Gasteiger charge is 2.33. The van der Waals surface area contributed by atoms with Crippen molar-refractivity contribution in [2.45, 2.75) is 76.5 Å². The topological polar surface area (TPSA) is 89.0 Å². The number of nitrogens with two attached hydrogens (primary N) is 1. The number of carbonyl (C=O) groups excluding carboxylic acids is 1. The van der Waals surface area contributed by atoms with Crippen LogP contribution in [0.4, 0.5) is 5.82 Å². The highest BCUT2D eigenvalue weighted by atomic mass is 16.5. The number of aryl methyl sites for hydroxylation is 1. The Morgan fingerprint density at radius 3 is 2.67 bits per heavy atom. The van der Waals surface area contributed by atoms with Crippen LogP contribution in [0.2, 0.25) is 0 Å². The standard InChI is InChI=1S/C28H36N6O2/c1-19-17-34-26(30-27(19)32-15-13-20(29)18-32)16-23(31-34)24-11-6-7-14-33(24)28(35)22-10-4-5-12-25(22)36-21-8-2-3-9-21/h4-5,10,12,16-17,20-21,24H,2-3,6-9,11,13-15,18,29H2,1H3. The predicted molar refractivity (Wildman–Crippen MR) is 139 cm³/mol. The largest absolute Gasteiger partial charge is 0.490 e. The molecule has 3 fully saturated rings. The molecule has 6 rings (SSSR count). The number of carbonyl (C=O) groups is 1. The number of nitrogens with zero attached hydrogens (tertiary/aromatic N) is 5. The molecule has 2 aromatic heterocycles. The van der Waals surface area contributed by atoms with Gasteiger partial charge in [-0.1, -0.05) is 12.1 Å². The van der Waals surface area contributed by atoms with Crippen molar-refractivity contribution in [1.29, 1.82) is 0 Å². The van der Waals surface area contributed by atoms with Crippen molar-refractivity contribution < 1.29 is 9.53 Å². The molecule has 4 heterocycles. The lowest BCUT2D eigenvalue weighted by Crippen LogP contribution is -2.39. The van der Waals surface area contributed by atoms with Gasteiger partial charge in [-0.25, -0.2) is 9.50 Å². The van der Waals surface area contributed by atoms with Crippen LogP contribution in [0.25, 0.3) is 5.65 Å². The third kappa shape index (κ3) is 4.43. The maximum Gasteiger partial charge on any atom is 0.258 e. The van der Waals surface area contributed by atoms with Crippen molar-refractivity contribution in [3.8, 4) is 5.75 Å². The van der Waals surface area contributed by atoms with Gasteiger partial charge in [-0.05, 0) is 70.4 Å². The van der Waals surface area contributed by atoms with Crippen molar-refractivity contribution in [2.24, 2.45) is 5.73 Å². The first-order chi connectivity index (χ1) is 17.6. The molecule has 2 N–H and O–H groups in total. The Balaban J connectivity index is 1.29. The van der Waals surface area contributed by atoms with E-state index in [-0.39, 0.29) is 24.1 Å². The maximum atomic E-state index is 13.9. The molecule has 1 saturated carbocycles. The van der Waals surface area contributed by atoms with Gasteiger partial charge in [-0.2, -0.15) is 5.10 Å². The third-order valence-corrected chi connectivity index (χ3v) is 7.97. The van der Waals surface area contributed by atoms with E-state index in [9.17, 15) is 4.79 Å². The molecule has 8 nitrogen and oxygen atoms in total. The average Bonchev–Trinajstić information content (AvgIpc) is 3.65. The van der Waals surface area contributed by atoms with Crippen molar-refractivity contribution >= 4 is 17.4 Å². The Hall–Kier alpha value is -3.13. The van der Waals surface area contributed by atoms with E-state index < -0.39 is 0 Å². The lowest BCUT2D eigenvalue weighted by atomic mass is 9.98. The number of para-hydroxylation sites is 1. The summed E-state index contributed by atoms with van der Waals surface area (Å²) in [4.78, 5) is 23.1. The van der Waals surface area contributed by atoms with Gasteiger partial charge in [-0.3, -0.25) is 4.79 Å². The van der Waals surface area contributed by atoms with Crippen molar-refractivity contribution in [1.82, 2.24) is 19.5 Å². The van der Waals surface area contributed by atoms with Crippen molar-refractivity contribution in [3.05, 3.63) is 53.3 Å². The summed E-state index contributed by atoms with van der Waals surface area (Å²) < 4.78 is 8.16. The molecule has 3 aliphatic rings. The molecule has 36 heavy (non-hydrogen) atoms. The number of fused-ring (bicyclic) bond motifs is 1. The first-order valence-electron chi connectivity index (χ1n) is 13.5. The molecule has 0 bridgehead atoms. The number of hydrogen-bond donors (Lipinski definition) is 1. The van der Waals surface area contributed by atoms with Crippen LogP contribution in [0.1, 0.15) is 79.0 Å². The Morgan fingerprint density at radius 2 is 1.86 bits per heavy atom. The molecular weight excluding hydrogens is 452 g/mol. The molecular formula is C28H36N6O2. The summed E-state index contributed by atoms with van der Waals surface area (Å²) in [6, 6.07) is 9.90. The van der Waals surface area contributed by atoms with Crippen LogP contribution in [0, 0.1) is 6.92 Å². The van der Waals surface area contributed by atoms with Gasteiger partial charge in [0, 0.05) is 43.5 Å². The second-order valence-corrected chi connectivity index (χ2v) is 10.6. The van der Waals surface area contributed by atoms with Crippen molar-refractivity contribution in [2.75, 3.05) is 24.5 Å². The van der Waals surface area contributed by atoms with Gasteiger partial charge in [0.1, 0.15) is 11.6 Å². The molecule has 0 radical (unpaired) electrons. The minimum atomic E-state index is -0.0727. The maximum absolute atomic E-state index is 13.9. The van der Waals surface area contributed by atoms with E-state index in [0.717, 1.165) is 80.9 Å². The van der Waals surface area contributed by atoms with Crippen LogP contribution in [0.5, 0.6) is 5.75 Å². The zero-order chi connectivity index (χ0) is 24.6. The minimum Gasteiger partial charge on any atom is -0.490 e. The molecule has 8 heteroatoms. The second-order valence-electron chi connectivity index (χ2n) is 10.6. The van der Waals surface area contributed by atoms with Gasteiger partial charge >= 0.3 is 0 Å². The lowest BCUT2D eigenvalue weighted by Gasteiger charge is -2.35. The smallest absolute Gasteiger partial charge is 0.258 e. The molecule has 2 unspecified atom stereocenters. The number of amides is 1. The summed E-state index contributed by atoms with van der Waals surface area (Å²) in [5.74, 6) is 1.72. The number of hydrogen-bond acceptors (Lipinski definition) is 6. The van der Waals surface area contributed by atoms with E-state index in [1.165, 1.54) is 12.8 Å². The van der Waals surface area contributed by atoms with E-state index in [0.29, 0.717) is 11.3 Å². The first-order valence-corrected chi connectivity index (χ1v) is 13.5. The highest BCUT2D eigenvalue weighted by Crippen LogP contribution is 2.35. The van der Waals surface area contributed by atoms with E-state index in [2.05, 4.69) is 17.9 Å². The number of benzene rings is 1. The van der Waals surface area contributed by atoms with Crippen LogP contribution in [0.3, 0.4) is 0 Å². The van der Waals surface area contributed by atoms with Gasteiger partial charge in [0.05, 0.1) is 23.4 Å². The number of rotatable bonds is 5. The zero-order valence-corrected chi connectivity index (χ0v) is 21.1. The number of ether oxygens (including phenoxy) is 1. The van der Waals surface area contributed by atoms with Gasteiger partial charge in [0.25, 0.3) is 5.91 Å². The zero-order valence-electron chi connectivity index (χ0n) is 21.1. The quantitative estimate of drug-likeness (QED) is 0.577. The molecule has 3 aromatic rings. The lowest BCUT2D eigenvalue weighted by molar-refractivity contribution is 0.0598. The molecule has 2 atom stereocenters. The van der Waals surface area contributed by atoms with Gasteiger partial charge < -0.3 is 20.3 Å². The number of aromatic nitrogens is 3. The fourth-order valence-electron chi connectivity index (χ4n) is 6.05. The fraction of sp³-hybridized carbons (Fsp3) is 0.536. The van der Waals surface area contributed by atoms with Crippen LogP contribution in [-0.2, 0) is 0 Å². The second kappa shape index (κ2) is 9.73. The fourth-order valence-corrected chi connectivity index (χ4v) is 6.05. The summed E-state index contributed by atoms with van der Waals surface area (Å²) >= 11 is 0. The van der Waals surface area contributed by atoms with E-state index in [1.807, 2.05) is 39.9 Å². The average molecular weight is 489 g/mol. The Bertz CT molecular complexity index is 1250. The predicted octanol–water partition coefficient (Wildman–Crippen LogP) is 4.26. The summed E-state index contributed by atoms with van der Waals surface area (Å²) in [5, 5.41) is 4.90. The highest BCUT2D eigenvalue weighted by molar-refractivity contribution is 5.97. The van der Waals surface area contributed by atoms with Gasteiger partial charge in [-0.15, -0.1) is 0 Å². The van der Waals surface area contributed by atoms with E-state index in [1.54, 1.807) is 0 Å². The van der Waals surface area contributed by atoms with Crippen LogP contribution in [-0.4, -0.2) is 57.2 Å². The normalized spacial score (nSPS) is 23.1. The monoisotopic (exact) mass is 488 g/mol. The molecule has 2 saturated heterocycles. The molecule has 1 amide bonds. The Morgan fingerprint density at radius 1 is 1.06 bits per heavy atom. The van der Waals surface area contributed by atoms with Crippen LogP contribution in [0.15, 0.2) is 36.5 Å². The summed E-state index contributed by atoms with van der Waals surface area (Å²) in [5.41, 5.74) is 9.60. The minimum absolute atomic E-state index is 0.0289. The Kier molecular flexibility index (Phi) is 6.29. The first kappa shape index (κ1) is 23.3. The van der Waals surface area contributed by atoms with Crippen LogP contribution < -0.4 is 15.4 Å². The van der Waals surface area contributed by atoms with Crippen LogP contribution >= 0.6 is 0 Å². The number of likely N-dealkylation sites (tertiary alicyclic amines) is 1. The van der Waals surface area contributed by atoms with Gasteiger partial charge in [0.2, 0.25) is 0 Å². The summed E-state index contributed by atoms with van der Waals surface area (Å²) in [6.45, 7) is 4.56. The molecule has 1 aliphatic carbocycles.